The zero-order chi connectivity index (χ0) is 13.7. The first-order chi connectivity index (χ1) is 9.20. The third-order valence-corrected chi connectivity index (χ3v) is 3.07. The van der Waals surface area contributed by atoms with Gasteiger partial charge in [0, 0.05) is 0 Å². The smallest absolute Gasteiger partial charge is 0.165 e. The van der Waals surface area contributed by atoms with E-state index in [9.17, 15) is 4.39 Å². The van der Waals surface area contributed by atoms with Gasteiger partial charge in [-0.1, -0.05) is 30.3 Å². The SMILES string of the molecule is Cc1ccccc1COc1ccc(CCN)cc1F. The van der Waals surface area contributed by atoms with Gasteiger partial charge in [-0.05, 0) is 48.7 Å². The Balaban J connectivity index is 2.06. The van der Waals surface area contributed by atoms with Crippen molar-refractivity contribution in [2.45, 2.75) is 20.0 Å². The molecule has 0 aliphatic heterocycles. The first kappa shape index (κ1) is 13.6. The number of halogens is 1. The maximum Gasteiger partial charge on any atom is 0.165 e. The topological polar surface area (TPSA) is 35.2 Å². The highest BCUT2D eigenvalue weighted by Crippen LogP contribution is 2.20. The van der Waals surface area contributed by atoms with Crippen molar-refractivity contribution >= 4 is 0 Å². The summed E-state index contributed by atoms with van der Waals surface area (Å²) >= 11 is 0. The molecule has 19 heavy (non-hydrogen) atoms. The highest BCUT2D eigenvalue weighted by molar-refractivity contribution is 5.31. The molecular weight excluding hydrogens is 241 g/mol. The molecule has 0 amide bonds. The van der Waals surface area contributed by atoms with Gasteiger partial charge in [0.25, 0.3) is 0 Å². The number of aryl methyl sites for hydroxylation is 1. The van der Waals surface area contributed by atoms with E-state index in [2.05, 4.69) is 0 Å². The van der Waals surface area contributed by atoms with Gasteiger partial charge in [0.2, 0.25) is 0 Å². The number of ether oxygens (including phenoxy) is 1. The van der Waals surface area contributed by atoms with Crippen LogP contribution in [-0.2, 0) is 13.0 Å². The standard InChI is InChI=1S/C16H18FNO/c1-12-4-2-3-5-14(12)11-19-16-7-6-13(8-9-18)10-15(16)17/h2-7,10H,8-9,11,18H2,1H3. The maximum atomic E-state index is 13.8. The van der Waals surface area contributed by atoms with Crippen LogP contribution in [0.15, 0.2) is 42.5 Å². The van der Waals surface area contributed by atoms with Crippen LogP contribution >= 0.6 is 0 Å². The van der Waals surface area contributed by atoms with Crippen molar-refractivity contribution in [3.63, 3.8) is 0 Å². The lowest BCUT2D eigenvalue weighted by Crippen LogP contribution is -2.04. The van der Waals surface area contributed by atoms with Crippen LogP contribution in [0.2, 0.25) is 0 Å². The molecule has 2 aromatic rings. The molecule has 3 heteroatoms. The Morgan fingerprint density at radius 3 is 2.63 bits per heavy atom. The molecule has 0 heterocycles. The Kier molecular flexibility index (Phi) is 4.53. The Morgan fingerprint density at radius 2 is 1.95 bits per heavy atom. The molecule has 2 rings (SSSR count). The van der Waals surface area contributed by atoms with E-state index in [-0.39, 0.29) is 11.6 Å². The summed E-state index contributed by atoms with van der Waals surface area (Å²) in [6.45, 7) is 2.90. The van der Waals surface area contributed by atoms with Crippen LogP contribution in [0.3, 0.4) is 0 Å². The molecule has 0 radical (unpaired) electrons. The summed E-state index contributed by atoms with van der Waals surface area (Å²) in [6.07, 6.45) is 0.676. The second kappa shape index (κ2) is 6.34. The van der Waals surface area contributed by atoms with E-state index in [0.29, 0.717) is 19.6 Å². The zero-order valence-electron chi connectivity index (χ0n) is 11.0. The molecule has 0 unspecified atom stereocenters. The van der Waals surface area contributed by atoms with Crippen molar-refractivity contribution in [3.05, 3.63) is 65.0 Å². The molecular formula is C16H18FNO. The highest BCUT2D eigenvalue weighted by atomic mass is 19.1. The van der Waals surface area contributed by atoms with Crippen LogP contribution < -0.4 is 10.5 Å². The number of hydrogen-bond acceptors (Lipinski definition) is 2. The summed E-state index contributed by atoms with van der Waals surface area (Å²) in [5, 5.41) is 0. The van der Waals surface area contributed by atoms with Crippen molar-refractivity contribution in [3.8, 4) is 5.75 Å². The van der Waals surface area contributed by atoms with E-state index in [1.54, 1.807) is 6.07 Å². The Labute approximate surface area is 113 Å². The molecule has 2 aromatic carbocycles. The predicted molar refractivity (Wildman–Crippen MR) is 74.7 cm³/mol. The van der Waals surface area contributed by atoms with Gasteiger partial charge in [0.1, 0.15) is 6.61 Å². The summed E-state index contributed by atoms with van der Waals surface area (Å²) in [6, 6.07) is 12.9. The van der Waals surface area contributed by atoms with Gasteiger partial charge < -0.3 is 10.5 Å². The van der Waals surface area contributed by atoms with E-state index >= 15 is 0 Å². The third kappa shape index (κ3) is 3.55. The molecule has 2 N–H and O–H groups in total. The minimum absolute atomic E-state index is 0.282. The normalized spacial score (nSPS) is 10.5. The van der Waals surface area contributed by atoms with Crippen molar-refractivity contribution < 1.29 is 9.13 Å². The summed E-state index contributed by atoms with van der Waals surface area (Å²) < 4.78 is 19.3. The molecule has 0 aromatic heterocycles. The number of benzene rings is 2. The third-order valence-electron chi connectivity index (χ3n) is 3.07. The first-order valence-corrected chi connectivity index (χ1v) is 6.36. The summed E-state index contributed by atoms with van der Waals surface area (Å²) in [4.78, 5) is 0. The van der Waals surface area contributed by atoms with Crippen LogP contribution in [-0.4, -0.2) is 6.54 Å². The van der Waals surface area contributed by atoms with Crippen molar-refractivity contribution in [1.82, 2.24) is 0 Å². The van der Waals surface area contributed by atoms with Gasteiger partial charge >= 0.3 is 0 Å². The second-order valence-corrected chi connectivity index (χ2v) is 4.52. The molecule has 100 valence electrons. The van der Waals surface area contributed by atoms with Gasteiger partial charge in [0.15, 0.2) is 11.6 Å². The monoisotopic (exact) mass is 259 g/mol. The van der Waals surface area contributed by atoms with E-state index in [1.807, 2.05) is 37.3 Å². The Hall–Kier alpha value is -1.87. The molecule has 0 saturated heterocycles. The average molecular weight is 259 g/mol. The fourth-order valence-corrected chi connectivity index (χ4v) is 1.91. The van der Waals surface area contributed by atoms with E-state index in [0.717, 1.165) is 16.7 Å². The summed E-state index contributed by atoms with van der Waals surface area (Å²) in [5.41, 5.74) is 8.54. The minimum atomic E-state index is -0.334. The number of rotatable bonds is 5. The van der Waals surface area contributed by atoms with Crippen molar-refractivity contribution in [1.29, 1.82) is 0 Å². The van der Waals surface area contributed by atoms with E-state index in [1.165, 1.54) is 6.07 Å². The largest absolute Gasteiger partial charge is 0.486 e. The lowest BCUT2D eigenvalue weighted by Gasteiger charge is -2.10. The fraction of sp³-hybridized carbons (Fsp3) is 0.250. The molecule has 0 aliphatic rings. The van der Waals surface area contributed by atoms with E-state index in [4.69, 9.17) is 10.5 Å². The average Bonchev–Trinajstić information content (AvgIpc) is 2.40. The molecule has 0 fully saturated rings. The quantitative estimate of drug-likeness (QED) is 0.894. The van der Waals surface area contributed by atoms with Gasteiger partial charge in [-0.2, -0.15) is 0 Å². The van der Waals surface area contributed by atoms with Crippen LogP contribution in [0.1, 0.15) is 16.7 Å². The Morgan fingerprint density at radius 1 is 1.16 bits per heavy atom. The fourth-order valence-electron chi connectivity index (χ4n) is 1.91. The van der Waals surface area contributed by atoms with Gasteiger partial charge in [-0.15, -0.1) is 0 Å². The first-order valence-electron chi connectivity index (χ1n) is 6.36. The van der Waals surface area contributed by atoms with Crippen LogP contribution in [0.25, 0.3) is 0 Å². The van der Waals surface area contributed by atoms with Crippen LogP contribution in [0.5, 0.6) is 5.75 Å². The van der Waals surface area contributed by atoms with Crippen molar-refractivity contribution in [2.75, 3.05) is 6.54 Å². The number of hydrogen-bond donors (Lipinski definition) is 1. The predicted octanol–water partition coefficient (Wildman–Crippen LogP) is 3.21. The van der Waals surface area contributed by atoms with Crippen LogP contribution in [0, 0.1) is 12.7 Å². The van der Waals surface area contributed by atoms with Crippen LogP contribution in [0.4, 0.5) is 4.39 Å². The Bertz CT molecular complexity index is 554. The van der Waals surface area contributed by atoms with E-state index < -0.39 is 0 Å². The maximum absolute atomic E-state index is 13.8. The lowest BCUT2D eigenvalue weighted by molar-refractivity contribution is 0.289. The van der Waals surface area contributed by atoms with Crippen molar-refractivity contribution in [2.24, 2.45) is 5.73 Å². The molecule has 0 aliphatic carbocycles. The summed E-state index contributed by atoms with van der Waals surface area (Å²) in [7, 11) is 0. The lowest BCUT2D eigenvalue weighted by atomic mass is 10.1. The molecule has 0 bridgehead atoms. The zero-order valence-corrected chi connectivity index (χ0v) is 11.0. The highest BCUT2D eigenvalue weighted by Gasteiger charge is 2.05. The number of nitrogens with two attached hydrogens (primary N) is 1. The minimum Gasteiger partial charge on any atom is -0.486 e. The van der Waals surface area contributed by atoms with Gasteiger partial charge in [-0.25, -0.2) is 4.39 Å². The van der Waals surface area contributed by atoms with Gasteiger partial charge in [-0.3, -0.25) is 0 Å². The van der Waals surface area contributed by atoms with Gasteiger partial charge in [0.05, 0.1) is 0 Å². The molecule has 0 atom stereocenters. The molecule has 2 nitrogen and oxygen atoms in total. The molecule has 0 saturated carbocycles. The second-order valence-electron chi connectivity index (χ2n) is 4.52. The summed E-state index contributed by atoms with van der Waals surface area (Å²) in [5.74, 6) is -0.0523. The molecule has 0 spiro atoms.